The molecule has 3 N–H and O–H groups in total. The number of benzene rings is 1. The third kappa shape index (κ3) is 3.48. The van der Waals surface area contributed by atoms with Crippen molar-refractivity contribution in [2.24, 2.45) is 11.1 Å². The summed E-state index contributed by atoms with van der Waals surface area (Å²) in [5.41, 5.74) is 5.81. The Hall–Kier alpha value is -1.43. The minimum Gasteiger partial charge on any atom is -0.459 e. The van der Waals surface area contributed by atoms with E-state index in [0.717, 1.165) is 5.56 Å². The molecular formula is C17H26N2O3. The molecule has 0 unspecified atom stereocenters. The van der Waals surface area contributed by atoms with Gasteiger partial charge in [-0.1, -0.05) is 30.3 Å². The summed E-state index contributed by atoms with van der Waals surface area (Å²) in [5, 5.41) is 9.83. The van der Waals surface area contributed by atoms with Gasteiger partial charge in [0.25, 0.3) is 0 Å². The standard InChI is InChI=1S/C17H26N2O3/c1-16(2,3)22-15(21)17(12-20)9-10-19(14(17)18)11-13-7-5-4-6-8-13/h4-8,14,20H,9-12,18H2,1-3H3/t14-,17+/m1/s1. The molecule has 0 aromatic heterocycles. The average Bonchev–Trinajstić information content (AvgIpc) is 2.76. The fourth-order valence-electron chi connectivity index (χ4n) is 2.81. The van der Waals surface area contributed by atoms with Crippen molar-refractivity contribution in [1.82, 2.24) is 4.90 Å². The smallest absolute Gasteiger partial charge is 0.317 e. The van der Waals surface area contributed by atoms with Crippen LogP contribution in [0.5, 0.6) is 0 Å². The number of nitrogens with zero attached hydrogens (tertiary/aromatic N) is 1. The van der Waals surface area contributed by atoms with Crippen LogP contribution in [-0.2, 0) is 16.1 Å². The molecule has 1 fully saturated rings. The number of aliphatic hydroxyl groups excluding tert-OH is 1. The molecule has 1 aromatic rings. The Morgan fingerprint density at radius 2 is 2.05 bits per heavy atom. The Morgan fingerprint density at radius 1 is 1.41 bits per heavy atom. The zero-order chi connectivity index (χ0) is 16.4. The number of esters is 1. The summed E-state index contributed by atoms with van der Waals surface area (Å²) in [4.78, 5) is 14.6. The summed E-state index contributed by atoms with van der Waals surface area (Å²) in [5.74, 6) is -0.412. The van der Waals surface area contributed by atoms with Crippen LogP contribution in [-0.4, -0.2) is 40.9 Å². The van der Waals surface area contributed by atoms with E-state index in [1.807, 2.05) is 56.0 Å². The minimum atomic E-state index is -1.04. The summed E-state index contributed by atoms with van der Waals surface area (Å²) in [6.07, 6.45) is -0.0422. The van der Waals surface area contributed by atoms with Gasteiger partial charge in [0.15, 0.2) is 0 Å². The molecule has 0 bridgehead atoms. The lowest BCUT2D eigenvalue weighted by Gasteiger charge is -2.34. The van der Waals surface area contributed by atoms with E-state index in [1.165, 1.54) is 0 Å². The van der Waals surface area contributed by atoms with Gasteiger partial charge in [0.2, 0.25) is 0 Å². The highest BCUT2D eigenvalue weighted by atomic mass is 16.6. The topological polar surface area (TPSA) is 75.8 Å². The van der Waals surface area contributed by atoms with Crippen molar-refractivity contribution in [3.63, 3.8) is 0 Å². The molecule has 1 aromatic carbocycles. The number of ether oxygens (including phenoxy) is 1. The van der Waals surface area contributed by atoms with Crippen LogP contribution >= 0.6 is 0 Å². The zero-order valence-electron chi connectivity index (χ0n) is 13.6. The first-order valence-electron chi connectivity index (χ1n) is 7.66. The summed E-state index contributed by atoms with van der Waals surface area (Å²) in [6.45, 7) is 6.48. The number of carbonyl (C=O) groups is 1. The second-order valence-electron chi connectivity index (χ2n) is 6.97. The quantitative estimate of drug-likeness (QED) is 0.825. The molecule has 22 heavy (non-hydrogen) atoms. The van der Waals surface area contributed by atoms with Crippen LogP contribution in [0.1, 0.15) is 32.8 Å². The maximum atomic E-state index is 12.5. The van der Waals surface area contributed by atoms with Crippen LogP contribution in [0, 0.1) is 5.41 Å². The third-order valence-corrected chi connectivity index (χ3v) is 4.12. The molecule has 122 valence electrons. The van der Waals surface area contributed by atoms with E-state index in [2.05, 4.69) is 0 Å². The minimum absolute atomic E-state index is 0.297. The van der Waals surface area contributed by atoms with Gasteiger partial charge in [0.05, 0.1) is 12.8 Å². The van der Waals surface area contributed by atoms with Gasteiger partial charge in [-0.2, -0.15) is 0 Å². The molecule has 0 saturated carbocycles. The molecule has 1 aliphatic rings. The summed E-state index contributed by atoms with van der Waals surface area (Å²) in [6, 6.07) is 9.97. The normalized spacial score (nSPS) is 26.1. The van der Waals surface area contributed by atoms with Crippen molar-refractivity contribution in [1.29, 1.82) is 0 Å². The Morgan fingerprint density at radius 3 is 2.59 bits per heavy atom. The number of carbonyl (C=O) groups excluding carboxylic acids is 1. The predicted octanol–water partition coefficient (Wildman–Crippen LogP) is 1.50. The third-order valence-electron chi connectivity index (χ3n) is 4.12. The van der Waals surface area contributed by atoms with E-state index in [1.54, 1.807) is 0 Å². The first kappa shape index (κ1) is 16.9. The Balaban J connectivity index is 2.13. The molecular weight excluding hydrogens is 280 g/mol. The first-order chi connectivity index (χ1) is 10.3. The number of hydrogen-bond donors (Lipinski definition) is 2. The lowest BCUT2D eigenvalue weighted by atomic mass is 9.85. The van der Waals surface area contributed by atoms with Crippen LogP contribution in [0.25, 0.3) is 0 Å². The zero-order valence-corrected chi connectivity index (χ0v) is 13.6. The lowest BCUT2D eigenvalue weighted by Crippen LogP contribution is -2.54. The fourth-order valence-corrected chi connectivity index (χ4v) is 2.81. The molecule has 0 spiro atoms. The van der Waals surface area contributed by atoms with E-state index in [-0.39, 0.29) is 6.61 Å². The summed E-state index contributed by atoms with van der Waals surface area (Å²) < 4.78 is 5.48. The van der Waals surface area contributed by atoms with Crippen LogP contribution in [0.2, 0.25) is 0 Å². The highest BCUT2D eigenvalue weighted by Crippen LogP contribution is 2.37. The van der Waals surface area contributed by atoms with Crippen LogP contribution in [0.4, 0.5) is 0 Å². The molecule has 5 nitrogen and oxygen atoms in total. The predicted molar refractivity (Wildman–Crippen MR) is 84.8 cm³/mol. The van der Waals surface area contributed by atoms with Gasteiger partial charge in [0, 0.05) is 13.1 Å². The second-order valence-corrected chi connectivity index (χ2v) is 6.97. The van der Waals surface area contributed by atoms with E-state index < -0.39 is 23.2 Å². The molecule has 2 rings (SSSR count). The van der Waals surface area contributed by atoms with Gasteiger partial charge < -0.3 is 15.6 Å². The molecule has 0 radical (unpaired) electrons. The van der Waals surface area contributed by atoms with E-state index in [9.17, 15) is 9.90 Å². The van der Waals surface area contributed by atoms with E-state index in [0.29, 0.717) is 19.5 Å². The van der Waals surface area contributed by atoms with Crippen molar-refractivity contribution in [3.05, 3.63) is 35.9 Å². The van der Waals surface area contributed by atoms with Crippen LogP contribution in [0.3, 0.4) is 0 Å². The Labute approximate surface area is 132 Å². The number of rotatable bonds is 4. The monoisotopic (exact) mass is 306 g/mol. The Kier molecular flexibility index (Phi) is 4.90. The van der Waals surface area contributed by atoms with E-state index in [4.69, 9.17) is 10.5 Å². The maximum absolute atomic E-state index is 12.5. The molecule has 5 heteroatoms. The largest absolute Gasteiger partial charge is 0.459 e. The van der Waals surface area contributed by atoms with Crippen molar-refractivity contribution < 1.29 is 14.6 Å². The number of nitrogens with two attached hydrogens (primary N) is 1. The number of hydrogen-bond acceptors (Lipinski definition) is 5. The second kappa shape index (κ2) is 6.36. The molecule has 2 atom stereocenters. The van der Waals surface area contributed by atoms with Gasteiger partial charge in [-0.15, -0.1) is 0 Å². The van der Waals surface area contributed by atoms with Crippen LogP contribution in [0.15, 0.2) is 30.3 Å². The van der Waals surface area contributed by atoms with Crippen molar-refractivity contribution in [2.45, 2.75) is 45.5 Å². The average molecular weight is 306 g/mol. The number of aliphatic hydroxyl groups is 1. The van der Waals surface area contributed by atoms with Crippen molar-refractivity contribution in [3.8, 4) is 0 Å². The summed E-state index contributed by atoms with van der Waals surface area (Å²) in [7, 11) is 0. The van der Waals surface area contributed by atoms with Gasteiger partial charge >= 0.3 is 5.97 Å². The van der Waals surface area contributed by atoms with Gasteiger partial charge in [0.1, 0.15) is 11.0 Å². The summed E-state index contributed by atoms with van der Waals surface area (Å²) >= 11 is 0. The van der Waals surface area contributed by atoms with Gasteiger partial charge in [-0.25, -0.2) is 0 Å². The fraction of sp³-hybridized carbons (Fsp3) is 0.588. The molecule has 0 aliphatic carbocycles. The highest BCUT2D eigenvalue weighted by Gasteiger charge is 2.52. The molecule has 0 amide bonds. The van der Waals surface area contributed by atoms with Crippen LogP contribution < -0.4 is 5.73 Å². The maximum Gasteiger partial charge on any atom is 0.317 e. The Bertz CT molecular complexity index is 512. The lowest BCUT2D eigenvalue weighted by molar-refractivity contribution is -0.172. The van der Waals surface area contributed by atoms with Crippen molar-refractivity contribution >= 4 is 5.97 Å². The molecule has 1 heterocycles. The highest BCUT2D eigenvalue weighted by molar-refractivity contribution is 5.78. The van der Waals surface area contributed by atoms with Gasteiger partial charge in [-0.3, -0.25) is 9.69 Å². The number of likely N-dealkylation sites (tertiary alicyclic amines) is 1. The first-order valence-corrected chi connectivity index (χ1v) is 7.66. The molecule has 1 saturated heterocycles. The SMILES string of the molecule is CC(C)(C)OC(=O)[C@]1(CO)CCN(Cc2ccccc2)[C@H]1N. The van der Waals surface area contributed by atoms with Gasteiger partial charge in [-0.05, 0) is 32.8 Å². The molecule has 1 aliphatic heterocycles. The van der Waals surface area contributed by atoms with Crippen molar-refractivity contribution in [2.75, 3.05) is 13.2 Å². The van der Waals surface area contributed by atoms with E-state index >= 15 is 0 Å².